The van der Waals surface area contributed by atoms with Crippen molar-refractivity contribution in [2.75, 3.05) is 0 Å². The molecule has 0 bridgehead atoms. The number of aromatic nitrogens is 6. The summed E-state index contributed by atoms with van der Waals surface area (Å²) >= 11 is 8.67. The number of pyridine rings is 1. The third-order valence-corrected chi connectivity index (χ3v) is 3.28. The molecule has 0 radical (unpaired) electrons. The molecule has 0 spiro atoms. The van der Waals surface area contributed by atoms with Crippen molar-refractivity contribution in [3.05, 3.63) is 33.7 Å². The van der Waals surface area contributed by atoms with Crippen LogP contribution < -0.4 is 0 Å². The Kier molecular flexibility index (Phi) is 2.75. The zero-order valence-electron chi connectivity index (χ0n) is 9.46. The second-order valence-corrected chi connectivity index (χ2v) is 5.18. The number of H-pyrrole nitrogens is 1. The average Bonchev–Trinajstić information content (AvgIpc) is 2.84. The third-order valence-electron chi connectivity index (χ3n) is 2.52. The molecule has 0 aromatic carbocycles. The molecule has 0 saturated heterocycles. The normalized spacial score (nSPS) is 11.2. The molecule has 1 N–H and O–H groups in total. The second-order valence-electron chi connectivity index (χ2n) is 3.88. The molecule has 0 saturated carbocycles. The largest absolute Gasteiger partial charge is 0.329 e. The number of hydrogen-bond donors (Lipinski definition) is 1. The smallest absolute Gasteiger partial charge is 0.179 e. The molecule has 0 fully saturated rings. The van der Waals surface area contributed by atoms with Crippen molar-refractivity contribution in [1.82, 2.24) is 29.3 Å². The summed E-state index contributed by atoms with van der Waals surface area (Å²) in [6, 6.07) is 1.94. The summed E-state index contributed by atoms with van der Waals surface area (Å²) in [5, 5.41) is 4.24. The molecule has 0 aliphatic carbocycles. The number of rotatable bonds is 2. The molecule has 8 heteroatoms. The summed E-state index contributed by atoms with van der Waals surface area (Å²) in [4.78, 5) is 11.7. The summed E-state index contributed by atoms with van der Waals surface area (Å²) in [5.41, 5.74) is 1.70. The summed E-state index contributed by atoms with van der Waals surface area (Å²) in [6.45, 7) is 0.508. The summed E-state index contributed by atoms with van der Waals surface area (Å²) in [6.07, 6.45) is 3.41. The Bertz CT molecular complexity index is 770. The minimum Gasteiger partial charge on any atom is -0.329 e. The van der Waals surface area contributed by atoms with E-state index in [2.05, 4.69) is 36.0 Å². The number of aryl methyl sites for hydroxylation is 1. The minimum absolute atomic E-state index is 0.508. The van der Waals surface area contributed by atoms with Crippen LogP contribution in [0.4, 0.5) is 0 Å². The zero-order valence-corrected chi connectivity index (χ0v) is 11.9. The van der Waals surface area contributed by atoms with Gasteiger partial charge < -0.3 is 4.98 Å². The van der Waals surface area contributed by atoms with Gasteiger partial charge in [0, 0.05) is 17.7 Å². The molecule has 3 aromatic heterocycles. The van der Waals surface area contributed by atoms with Crippen LogP contribution in [0, 0.1) is 4.77 Å². The molecule has 0 amide bonds. The maximum Gasteiger partial charge on any atom is 0.179 e. The lowest BCUT2D eigenvalue weighted by Crippen LogP contribution is -2.03. The van der Waals surface area contributed by atoms with Crippen LogP contribution in [0.25, 0.3) is 11.2 Å². The van der Waals surface area contributed by atoms with Gasteiger partial charge in [-0.1, -0.05) is 0 Å². The van der Waals surface area contributed by atoms with Crippen molar-refractivity contribution in [1.29, 1.82) is 0 Å². The highest BCUT2D eigenvalue weighted by Crippen LogP contribution is 2.17. The second kappa shape index (κ2) is 4.29. The van der Waals surface area contributed by atoms with E-state index in [9.17, 15) is 0 Å². The molecular weight excluding hydrogens is 316 g/mol. The Hall–Kier alpha value is -1.54. The average molecular weight is 325 g/mol. The quantitative estimate of drug-likeness (QED) is 0.732. The lowest BCUT2D eigenvalue weighted by atomic mass is 10.4. The van der Waals surface area contributed by atoms with E-state index in [0.29, 0.717) is 17.1 Å². The van der Waals surface area contributed by atoms with E-state index in [4.69, 9.17) is 12.2 Å². The molecular formula is C10H9BrN6S. The number of imidazole rings is 1. The molecule has 0 aliphatic heterocycles. The fourth-order valence-corrected chi connectivity index (χ4v) is 2.35. The van der Waals surface area contributed by atoms with Crippen LogP contribution in [-0.2, 0) is 13.6 Å². The molecule has 3 rings (SSSR count). The first-order valence-electron chi connectivity index (χ1n) is 5.22. The van der Waals surface area contributed by atoms with Crippen molar-refractivity contribution in [2.24, 2.45) is 7.05 Å². The molecule has 92 valence electrons. The molecule has 3 heterocycles. The van der Waals surface area contributed by atoms with Crippen LogP contribution in [0.1, 0.15) is 5.82 Å². The zero-order chi connectivity index (χ0) is 12.7. The summed E-state index contributed by atoms with van der Waals surface area (Å²) in [7, 11) is 1.83. The highest BCUT2D eigenvalue weighted by molar-refractivity contribution is 9.10. The van der Waals surface area contributed by atoms with Gasteiger partial charge in [-0.05, 0) is 34.2 Å². The first kappa shape index (κ1) is 11.5. The van der Waals surface area contributed by atoms with Gasteiger partial charge in [-0.3, -0.25) is 9.25 Å². The monoisotopic (exact) mass is 324 g/mol. The van der Waals surface area contributed by atoms with Gasteiger partial charge >= 0.3 is 0 Å². The Labute approximate surface area is 116 Å². The van der Waals surface area contributed by atoms with Gasteiger partial charge in [0.1, 0.15) is 6.33 Å². The van der Waals surface area contributed by atoms with E-state index in [0.717, 1.165) is 15.6 Å². The highest BCUT2D eigenvalue weighted by Gasteiger charge is 2.08. The number of nitrogens with one attached hydrogen (secondary N) is 1. The van der Waals surface area contributed by atoms with Crippen molar-refractivity contribution < 1.29 is 0 Å². The van der Waals surface area contributed by atoms with Crippen LogP contribution in [0.3, 0.4) is 0 Å². The van der Waals surface area contributed by atoms with Crippen molar-refractivity contribution in [3.63, 3.8) is 0 Å². The van der Waals surface area contributed by atoms with Crippen molar-refractivity contribution >= 4 is 39.3 Å². The first-order chi connectivity index (χ1) is 8.63. The van der Waals surface area contributed by atoms with Gasteiger partial charge in [0.2, 0.25) is 0 Å². The molecule has 3 aromatic rings. The van der Waals surface area contributed by atoms with E-state index in [1.54, 1.807) is 17.2 Å². The van der Waals surface area contributed by atoms with Crippen molar-refractivity contribution in [3.8, 4) is 0 Å². The SMILES string of the molecule is Cn1cnc(Cn2c(=S)[nH]c3cc(Br)cnc32)n1. The van der Waals surface area contributed by atoms with Crippen LogP contribution in [-0.4, -0.2) is 29.3 Å². The summed E-state index contributed by atoms with van der Waals surface area (Å²) < 4.78 is 5.07. The van der Waals surface area contributed by atoms with E-state index in [1.165, 1.54) is 0 Å². The number of halogens is 1. The van der Waals surface area contributed by atoms with E-state index >= 15 is 0 Å². The Morgan fingerprint density at radius 3 is 3.00 bits per heavy atom. The number of hydrogen-bond acceptors (Lipinski definition) is 4. The van der Waals surface area contributed by atoms with Gasteiger partial charge in [-0.15, -0.1) is 0 Å². The van der Waals surface area contributed by atoms with E-state index in [-0.39, 0.29) is 0 Å². The van der Waals surface area contributed by atoms with Crippen LogP contribution >= 0.6 is 28.1 Å². The fraction of sp³-hybridized carbons (Fsp3) is 0.200. The van der Waals surface area contributed by atoms with Gasteiger partial charge in [-0.2, -0.15) is 5.10 Å². The Morgan fingerprint density at radius 2 is 2.28 bits per heavy atom. The lowest BCUT2D eigenvalue weighted by molar-refractivity contribution is 0.704. The maximum absolute atomic E-state index is 5.29. The van der Waals surface area contributed by atoms with Crippen LogP contribution in [0.2, 0.25) is 0 Å². The van der Waals surface area contributed by atoms with Gasteiger partial charge in [0.15, 0.2) is 16.2 Å². The van der Waals surface area contributed by atoms with Crippen LogP contribution in [0.15, 0.2) is 23.1 Å². The van der Waals surface area contributed by atoms with Crippen molar-refractivity contribution in [2.45, 2.75) is 6.54 Å². The van der Waals surface area contributed by atoms with E-state index in [1.807, 2.05) is 17.7 Å². The Morgan fingerprint density at radius 1 is 1.44 bits per heavy atom. The molecule has 0 unspecified atom stereocenters. The van der Waals surface area contributed by atoms with Gasteiger partial charge in [0.05, 0.1) is 12.1 Å². The van der Waals surface area contributed by atoms with Gasteiger partial charge in [-0.25, -0.2) is 9.97 Å². The molecule has 18 heavy (non-hydrogen) atoms. The lowest BCUT2D eigenvalue weighted by Gasteiger charge is -1.99. The maximum atomic E-state index is 5.29. The first-order valence-corrected chi connectivity index (χ1v) is 6.42. The van der Waals surface area contributed by atoms with E-state index < -0.39 is 0 Å². The predicted molar refractivity (Wildman–Crippen MR) is 72.7 cm³/mol. The predicted octanol–water partition coefficient (Wildman–Crippen LogP) is 2.03. The topological polar surface area (TPSA) is 64.3 Å². The van der Waals surface area contributed by atoms with Gasteiger partial charge in [0.25, 0.3) is 0 Å². The third kappa shape index (κ3) is 1.97. The Balaban J connectivity index is 2.11. The highest BCUT2D eigenvalue weighted by atomic mass is 79.9. The fourth-order valence-electron chi connectivity index (χ4n) is 1.76. The summed E-state index contributed by atoms with van der Waals surface area (Å²) in [5.74, 6) is 0.708. The minimum atomic E-state index is 0.508. The number of aromatic amines is 1. The molecule has 0 atom stereocenters. The van der Waals surface area contributed by atoms with Crippen LogP contribution in [0.5, 0.6) is 0 Å². The molecule has 6 nitrogen and oxygen atoms in total. The number of nitrogens with zero attached hydrogens (tertiary/aromatic N) is 5. The molecule has 0 aliphatic rings. The number of fused-ring (bicyclic) bond motifs is 1. The standard InChI is InChI=1S/C10H9BrN6S/c1-16-5-13-8(15-16)4-17-9-7(14-10(17)18)2-6(11)3-12-9/h2-3,5H,4H2,1H3,(H,14,18).